The fraction of sp³-hybridized carbons (Fsp3) is 0.600. The fourth-order valence-corrected chi connectivity index (χ4v) is 5.37. The Balaban J connectivity index is 2.07. The summed E-state index contributed by atoms with van der Waals surface area (Å²) in [7, 11) is -3.52. The highest BCUT2D eigenvalue weighted by Crippen LogP contribution is 2.34. The van der Waals surface area contributed by atoms with Crippen molar-refractivity contribution >= 4 is 15.7 Å². The number of ether oxygens (including phenoxy) is 1. The molecule has 0 amide bonds. The second-order valence-electron chi connectivity index (χ2n) is 6.14. The van der Waals surface area contributed by atoms with E-state index < -0.39 is 10.0 Å². The number of hydrogen-bond donors (Lipinski definition) is 1. The SMILES string of the molecule is Cc1cc(N)c(C)c(S(=O)(=O)N2CC3CCC(C2)O3)c1C. The third-order valence-corrected chi connectivity index (χ3v) is 6.79. The molecule has 2 fully saturated rings. The third kappa shape index (κ3) is 2.35. The van der Waals surface area contributed by atoms with E-state index in [0.29, 0.717) is 29.2 Å². The molecule has 1 aromatic carbocycles. The predicted molar refractivity (Wildman–Crippen MR) is 81.7 cm³/mol. The topological polar surface area (TPSA) is 72.6 Å². The maximum atomic E-state index is 13.1. The van der Waals surface area contributed by atoms with Crippen molar-refractivity contribution < 1.29 is 13.2 Å². The minimum atomic E-state index is -3.52. The molecule has 2 heterocycles. The Hall–Kier alpha value is -1.11. The molecule has 116 valence electrons. The minimum absolute atomic E-state index is 0.0429. The van der Waals surface area contributed by atoms with E-state index in [1.54, 1.807) is 11.2 Å². The van der Waals surface area contributed by atoms with Crippen molar-refractivity contribution in [2.75, 3.05) is 18.8 Å². The molecule has 2 aliphatic heterocycles. The van der Waals surface area contributed by atoms with E-state index in [9.17, 15) is 8.42 Å². The van der Waals surface area contributed by atoms with Crippen LogP contribution in [-0.4, -0.2) is 38.0 Å². The molecule has 2 N–H and O–H groups in total. The Morgan fingerprint density at radius 1 is 1.14 bits per heavy atom. The summed E-state index contributed by atoms with van der Waals surface area (Å²) in [5.41, 5.74) is 8.86. The largest absolute Gasteiger partial charge is 0.398 e. The average molecular weight is 310 g/mol. The van der Waals surface area contributed by atoms with Gasteiger partial charge in [0.1, 0.15) is 0 Å². The number of morpholine rings is 1. The first-order chi connectivity index (χ1) is 9.80. The second kappa shape index (κ2) is 4.97. The van der Waals surface area contributed by atoms with E-state index in [2.05, 4.69) is 0 Å². The molecule has 0 aromatic heterocycles. The summed E-state index contributed by atoms with van der Waals surface area (Å²) in [5.74, 6) is 0. The highest BCUT2D eigenvalue weighted by Gasteiger charge is 2.40. The van der Waals surface area contributed by atoms with Gasteiger partial charge in [-0.1, -0.05) is 0 Å². The minimum Gasteiger partial charge on any atom is -0.398 e. The van der Waals surface area contributed by atoms with Crippen molar-refractivity contribution in [1.29, 1.82) is 0 Å². The third-order valence-electron chi connectivity index (χ3n) is 4.69. The van der Waals surface area contributed by atoms with Crippen LogP contribution in [0.1, 0.15) is 29.5 Å². The van der Waals surface area contributed by atoms with Crippen LogP contribution in [0.3, 0.4) is 0 Å². The molecule has 0 spiro atoms. The van der Waals surface area contributed by atoms with Crippen molar-refractivity contribution in [2.24, 2.45) is 0 Å². The van der Waals surface area contributed by atoms with Gasteiger partial charge in [-0.05, 0) is 56.4 Å². The van der Waals surface area contributed by atoms with Crippen LogP contribution in [0.15, 0.2) is 11.0 Å². The van der Waals surface area contributed by atoms with E-state index in [1.807, 2.05) is 19.9 Å². The van der Waals surface area contributed by atoms with E-state index in [0.717, 1.165) is 24.0 Å². The molecule has 2 saturated heterocycles. The lowest BCUT2D eigenvalue weighted by molar-refractivity contribution is -0.0114. The van der Waals surface area contributed by atoms with Crippen LogP contribution in [0.2, 0.25) is 0 Å². The molecular formula is C15H22N2O3S. The smallest absolute Gasteiger partial charge is 0.243 e. The summed E-state index contributed by atoms with van der Waals surface area (Å²) in [5, 5.41) is 0. The van der Waals surface area contributed by atoms with Gasteiger partial charge in [-0.25, -0.2) is 8.42 Å². The summed E-state index contributed by atoms with van der Waals surface area (Å²) in [6, 6.07) is 1.84. The summed E-state index contributed by atoms with van der Waals surface area (Å²) in [6.07, 6.45) is 1.98. The first kappa shape index (κ1) is 14.8. The van der Waals surface area contributed by atoms with Crippen LogP contribution in [0.25, 0.3) is 0 Å². The number of benzene rings is 1. The van der Waals surface area contributed by atoms with Crippen molar-refractivity contribution in [3.63, 3.8) is 0 Å². The van der Waals surface area contributed by atoms with E-state index in [-0.39, 0.29) is 12.2 Å². The summed E-state index contributed by atoms with van der Waals surface area (Å²) < 4.78 is 33.4. The number of sulfonamides is 1. The number of anilines is 1. The average Bonchev–Trinajstić information content (AvgIpc) is 2.75. The van der Waals surface area contributed by atoms with Gasteiger partial charge in [0.25, 0.3) is 0 Å². The maximum absolute atomic E-state index is 13.1. The number of nitrogen functional groups attached to an aromatic ring is 1. The molecule has 5 nitrogen and oxygen atoms in total. The van der Waals surface area contributed by atoms with Crippen molar-refractivity contribution in [2.45, 2.75) is 50.7 Å². The molecular weight excluding hydrogens is 288 g/mol. The summed E-state index contributed by atoms with van der Waals surface area (Å²) >= 11 is 0. The zero-order valence-electron chi connectivity index (χ0n) is 12.7. The molecule has 0 radical (unpaired) electrons. The number of fused-ring (bicyclic) bond motifs is 2. The first-order valence-corrected chi connectivity index (χ1v) is 8.76. The van der Waals surface area contributed by atoms with Crippen LogP contribution in [-0.2, 0) is 14.8 Å². The van der Waals surface area contributed by atoms with Gasteiger partial charge in [0.05, 0.1) is 17.1 Å². The Labute approximate surface area is 126 Å². The summed E-state index contributed by atoms with van der Waals surface area (Å²) in [4.78, 5) is 0.376. The number of nitrogens with zero attached hydrogens (tertiary/aromatic N) is 1. The Kier molecular flexibility index (Phi) is 3.50. The standard InChI is InChI=1S/C15H22N2O3S/c1-9-6-14(16)11(3)15(10(9)2)21(18,19)17-7-12-4-5-13(8-17)20-12/h6,12-13H,4-5,7-8,16H2,1-3H3. The van der Waals surface area contributed by atoms with Gasteiger partial charge in [-0.3, -0.25) is 0 Å². The van der Waals surface area contributed by atoms with Gasteiger partial charge < -0.3 is 10.5 Å². The molecule has 21 heavy (non-hydrogen) atoms. The summed E-state index contributed by atoms with van der Waals surface area (Å²) in [6.45, 7) is 6.43. The van der Waals surface area contributed by atoms with Gasteiger partial charge in [-0.2, -0.15) is 4.31 Å². The Bertz CT molecular complexity index is 646. The predicted octanol–water partition coefficient (Wildman–Crippen LogP) is 1.75. The number of nitrogens with two attached hydrogens (primary N) is 1. The molecule has 6 heteroatoms. The van der Waals surface area contributed by atoms with Gasteiger partial charge >= 0.3 is 0 Å². The molecule has 3 rings (SSSR count). The lowest BCUT2D eigenvalue weighted by atomic mass is 10.1. The highest BCUT2D eigenvalue weighted by atomic mass is 32.2. The molecule has 1 aromatic rings. The van der Waals surface area contributed by atoms with E-state index >= 15 is 0 Å². The quantitative estimate of drug-likeness (QED) is 0.845. The molecule has 0 saturated carbocycles. The van der Waals surface area contributed by atoms with Gasteiger partial charge in [0.2, 0.25) is 10.0 Å². The Morgan fingerprint density at radius 2 is 1.71 bits per heavy atom. The molecule has 2 bridgehead atoms. The van der Waals surface area contributed by atoms with Crippen LogP contribution in [0.4, 0.5) is 5.69 Å². The molecule has 0 aliphatic carbocycles. The number of rotatable bonds is 2. The van der Waals surface area contributed by atoms with Crippen molar-refractivity contribution in [3.05, 3.63) is 22.8 Å². The second-order valence-corrected chi connectivity index (χ2v) is 8.02. The van der Waals surface area contributed by atoms with Gasteiger partial charge in [0, 0.05) is 18.8 Å². The number of hydrogen-bond acceptors (Lipinski definition) is 4. The zero-order valence-corrected chi connectivity index (χ0v) is 13.5. The van der Waals surface area contributed by atoms with Gasteiger partial charge in [0.15, 0.2) is 0 Å². The van der Waals surface area contributed by atoms with Crippen LogP contribution in [0.5, 0.6) is 0 Å². The first-order valence-electron chi connectivity index (χ1n) is 7.32. The lowest BCUT2D eigenvalue weighted by Crippen LogP contribution is -2.46. The van der Waals surface area contributed by atoms with E-state index in [1.165, 1.54) is 0 Å². The van der Waals surface area contributed by atoms with Crippen molar-refractivity contribution in [3.8, 4) is 0 Å². The maximum Gasteiger partial charge on any atom is 0.243 e. The zero-order chi connectivity index (χ0) is 15.4. The van der Waals surface area contributed by atoms with E-state index in [4.69, 9.17) is 10.5 Å². The van der Waals surface area contributed by atoms with Gasteiger partial charge in [-0.15, -0.1) is 0 Å². The molecule has 2 atom stereocenters. The Morgan fingerprint density at radius 3 is 2.29 bits per heavy atom. The fourth-order valence-electron chi connectivity index (χ4n) is 3.33. The lowest BCUT2D eigenvalue weighted by Gasteiger charge is -2.32. The number of aryl methyl sites for hydroxylation is 1. The van der Waals surface area contributed by atoms with Crippen LogP contribution >= 0.6 is 0 Å². The van der Waals surface area contributed by atoms with Crippen LogP contribution in [0, 0.1) is 20.8 Å². The molecule has 2 unspecified atom stereocenters. The molecule has 2 aliphatic rings. The normalized spacial score (nSPS) is 26.2. The van der Waals surface area contributed by atoms with Crippen LogP contribution < -0.4 is 5.73 Å². The van der Waals surface area contributed by atoms with Crippen molar-refractivity contribution in [1.82, 2.24) is 4.31 Å². The highest BCUT2D eigenvalue weighted by molar-refractivity contribution is 7.89. The monoisotopic (exact) mass is 310 g/mol.